The van der Waals surface area contributed by atoms with Gasteiger partial charge >= 0.3 is 0 Å². The number of likely N-dealkylation sites (N-methyl/N-ethyl adjacent to an activating group) is 1. The van der Waals surface area contributed by atoms with Crippen molar-refractivity contribution < 1.29 is 0 Å². The van der Waals surface area contributed by atoms with E-state index in [9.17, 15) is 0 Å². The predicted molar refractivity (Wildman–Crippen MR) is 84.5 cm³/mol. The summed E-state index contributed by atoms with van der Waals surface area (Å²) in [5.74, 6) is 1.82. The average Bonchev–Trinajstić information content (AvgIpc) is 2.49. The van der Waals surface area contributed by atoms with Crippen LogP contribution in [0.1, 0.15) is 39.0 Å². The van der Waals surface area contributed by atoms with Gasteiger partial charge in [-0.1, -0.05) is 18.6 Å². The average molecular weight is 277 g/mol. The molecule has 0 N–H and O–H groups in total. The molecule has 2 saturated heterocycles. The first kappa shape index (κ1) is 14.6. The number of rotatable bonds is 2. The monoisotopic (exact) mass is 277 g/mol. The van der Waals surface area contributed by atoms with Gasteiger partial charge < -0.3 is 4.90 Å². The number of piperidine rings is 2. The van der Waals surface area contributed by atoms with Crippen molar-refractivity contribution in [3.8, 4) is 0 Å². The van der Waals surface area contributed by atoms with Crippen LogP contribution in [0.5, 0.6) is 0 Å². The van der Waals surface area contributed by atoms with Crippen molar-refractivity contribution in [1.29, 1.82) is 0 Å². The zero-order valence-corrected chi connectivity index (χ0v) is 13.4. The van der Waals surface area contributed by atoms with Crippen molar-refractivity contribution in [3.63, 3.8) is 0 Å². The molecule has 3 aliphatic heterocycles. The third kappa shape index (κ3) is 3.44. The quantitative estimate of drug-likeness (QED) is 0.718. The van der Waals surface area contributed by atoms with E-state index in [0.717, 1.165) is 11.8 Å². The van der Waals surface area contributed by atoms with Gasteiger partial charge in [0.1, 0.15) is 0 Å². The smallest absolute Gasteiger partial charge is 0.0163 e. The minimum atomic E-state index is 0.878. The highest BCUT2D eigenvalue weighted by atomic mass is 15.6. The molecule has 0 aromatic carbocycles. The first-order chi connectivity index (χ1) is 9.72. The summed E-state index contributed by atoms with van der Waals surface area (Å²) in [6.45, 7) is 9.98. The Morgan fingerprint density at radius 3 is 2.05 bits per heavy atom. The summed E-state index contributed by atoms with van der Waals surface area (Å²) < 4.78 is 0. The molecular weight excluding hydrogens is 246 g/mol. The molecule has 0 saturated carbocycles. The van der Waals surface area contributed by atoms with Gasteiger partial charge in [0.15, 0.2) is 0 Å². The van der Waals surface area contributed by atoms with Gasteiger partial charge in [-0.25, -0.2) is 10.0 Å². The Morgan fingerprint density at radius 2 is 1.50 bits per heavy atom. The molecule has 3 heteroatoms. The third-order valence-corrected chi connectivity index (χ3v) is 5.60. The topological polar surface area (TPSA) is 9.72 Å². The minimum absolute atomic E-state index is 0.878. The van der Waals surface area contributed by atoms with Gasteiger partial charge in [-0.05, 0) is 51.0 Å². The zero-order valence-electron chi connectivity index (χ0n) is 13.4. The van der Waals surface area contributed by atoms with Crippen LogP contribution in [0.15, 0.2) is 11.6 Å². The second-order valence-corrected chi connectivity index (χ2v) is 7.16. The summed E-state index contributed by atoms with van der Waals surface area (Å²) in [7, 11) is 2.23. The highest BCUT2D eigenvalue weighted by molar-refractivity contribution is 5.12. The molecule has 0 spiro atoms. The Labute approximate surface area is 124 Å². The summed E-state index contributed by atoms with van der Waals surface area (Å²) in [6, 6.07) is 0. The molecule has 0 bridgehead atoms. The van der Waals surface area contributed by atoms with E-state index in [1.54, 1.807) is 5.57 Å². The Bertz CT molecular complexity index is 336. The van der Waals surface area contributed by atoms with Gasteiger partial charge in [0.25, 0.3) is 0 Å². The summed E-state index contributed by atoms with van der Waals surface area (Å²) in [5, 5.41) is 5.29. The van der Waals surface area contributed by atoms with Crippen molar-refractivity contribution in [2.24, 2.45) is 11.8 Å². The van der Waals surface area contributed by atoms with Crippen LogP contribution in [0.2, 0.25) is 0 Å². The van der Waals surface area contributed by atoms with Gasteiger partial charge in [0, 0.05) is 39.3 Å². The fourth-order valence-electron chi connectivity index (χ4n) is 3.95. The van der Waals surface area contributed by atoms with Gasteiger partial charge in [0.05, 0.1) is 0 Å². The lowest BCUT2D eigenvalue weighted by molar-refractivity contribution is -0.0658. The molecule has 114 valence electrons. The molecule has 0 aliphatic carbocycles. The second kappa shape index (κ2) is 6.59. The fraction of sp³-hybridized carbons (Fsp3) is 0.882. The molecule has 3 nitrogen and oxygen atoms in total. The molecule has 0 aromatic heterocycles. The van der Waals surface area contributed by atoms with Crippen LogP contribution in [0.3, 0.4) is 0 Å². The molecule has 20 heavy (non-hydrogen) atoms. The van der Waals surface area contributed by atoms with Crippen LogP contribution in [0.4, 0.5) is 0 Å². The van der Waals surface area contributed by atoms with Crippen LogP contribution in [-0.4, -0.2) is 61.2 Å². The van der Waals surface area contributed by atoms with E-state index < -0.39 is 0 Å². The molecule has 0 aromatic rings. The summed E-state index contributed by atoms with van der Waals surface area (Å²) in [6.07, 6.45) is 9.34. The van der Waals surface area contributed by atoms with Crippen molar-refractivity contribution in [3.05, 3.63) is 11.6 Å². The molecule has 3 rings (SSSR count). The molecular formula is C17H31N3. The highest BCUT2D eigenvalue weighted by Crippen LogP contribution is 2.30. The Balaban J connectivity index is 1.47. The van der Waals surface area contributed by atoms with Gasteiger partial charge in [-0.15, -0.1) is 0 Å². The SMILES string of the molecule is CC1CCN(N2CCC(C3=CCN(C)CC3)CC2)CC1. The fourth-order valence-corrected chi connectivity index (χ4v) is 3.95. The zero-order chi connectivity index (χ0) is 13.9. The molecule has 0 unspecified atom stereocenters. The van der Waals surface area contributed by atoms with Gasteiger partial charge in [0.2, 0.25) is 0 Å². The number of hydrazine groups is 1. The van der Waals surface area contributed by atoms with E-state index >= 15 is 0 Å². The molecule has 0 radical (unpaired) electrons. The first-order valence-electron chi connectivity index (χ1n) is 8.59. The number of hydrogen-bond donors (Lipinski definition) is 0. The van der Waals surface area contributed by atoms with E-state index in [2.05, 4.69) is 35.0 Å². The van der Waals surface area contributed by atoms with Gasteiger partial charge in [-0.3, -0.25) is 0 Å². The van der Waals surface area contributed by atoms with E-state index in [-0.39, 0.29) is 0 Å². The Morgan fingerprint density at radius 1 is 0.900 bits per heavy atom. The van der Waals surface area contributed by atoms with Crippen molar-refractivity contribution in [2.45, 2.75) is 39.0 Å². The summed E-state index contributed by atoms with van der Waals surface area (Å²) >= 11 is 0. The predicted octanol–water partition coefficient (Wildman–Crippen LogP) is 2.61. The Kier molecular flexibility index (Phi) is 4.79. The normalized spacial score (nSPS) is 29.6. The maximum absolute atomic E-state index is 2.65. The van der Waals surface area contributed by atoms with Crippen molar-refractivity contribution in [2.75, 3.05) is 46.3 Å². The van der Waals surface area contributed by atoms with Crippen LogP contribution in [0, 0.1) is 11.8 Å². The van der Waals surface area contributed by atoms with E-state index in [1.165, 1.54) is 71.4 Å². The standard InChI is InChI=1S/C17H31N3/c1-15-3-11-19(12-4-15)20-13-7-17(8-14-20)16-5-9-18(2)10-6-16/h5,15,17H,3-4,6-14H2,1-2H3. The number of hydrogen-bond acceptors (Lipinski definition) is 3. The third-order valence-electron chi connectivity index (χ3n) is 5.60. The van der Waals surface area contributed by atoms with Gasteiger partial charge in [-0.2, -0.15) is 0 Å². The minimum Gasteiger partial charge on any atom is -0.302 e. The first-order valence-corrected chi connectivity index (χ1v) is 8.59. The molecule has 0 amide bonds. The van der Waals surface area contributed by atoms with Crippen molar-refractivity contribution >= 4 is 0 Å². The lowest BCUT2D eigenvalue weighted by Crippen LogP contribution is -2.50. The largest absolute Gasteiger partial charge is 0.302 e. The summed E-state index contributed by atoms with van der Waals surface area (Å²) in [4.78, 5) is 2.42. The second-order valence-electron chi connectivity index (χ2n) is 7.16. The Hall–Kier alpha value is -0.380. The van der Waals surface area contributed by atoms with Crippen LogP contribution in [0.25, 0.3) is 0 Å². The summed E-state index contributed by atoms with van der Waals surface area (Å²) in [5.41, 5.74) is 1.76. The van der Waals surface area contributed by atoms with Crippen LogP contribution in [-0.2, 0) is 0 Å². The maximum Gasteiger partial charge on any atom is 0.0163 e. The molecule has 3 aliphatic rings. The number of nitrogens with zero attached hydrogens (tertiary/aromatic N) is 3. The van der Waals surface area contributed by atoms with E-state index in [0.29, 0.717) is 0 Å². The lowest BCUT2D eigenvalue weighted by Gasteiger charge is -2.43. The molecule has 3 heterocycles. The maximum atomic E-state index is 2.65. The van der Waals surface area contributed by atoms with Crippen LogP contribution >= 0.6 is 0 Å². The highest BCUT2D eigenvalue weighted by Gasteiger charge is 2.28. The van der Waals surface area contributed by atoms with Crippen molar-refractivity contribution in [1.82, 2.24) is 14.9 Å². The molecule has 0 atom stereocenters. The van der Waals surface area contributed by atoms with Crippen LogP contribution < -0.4 is 0 Å². The lowest BCUT2D eigenvalue weighted by atomic mass is 9.86. The molecule has 2 fully saturated rings. The van der Waals surface area contributed by atoms with E-state index in [1.807, 2.05) is 0 Å². The van der Waals surface area contributed by atoms with E-state index in [4.69, 9.17) is 0 Å².